The lowest BCUT2D eigenvalue weighted by Gasteiger charge is -2.21. The number of benzene rings is 1. The molecule has 1 fully saturated rings. The molecule has 3 aromatic rings. The van der Waals surface area contributed by atoms with Crippen molar-refractivity contribution in [2.45, 2.75) is 30.1 Å². The van der Waals surface area contributed by atoms with E-state index < -0.39 is 10.0 Å². The van der Waals surface area contributed by atoms with E-state index in [9.17, 15) is 8.42 Å². The van der Waals surface area contributed by atoms with E-state index in [0.717, 1.165) is 18.7 Å². The number of pyridine rings is 1. The van der Waals surface area contributed by atoms with E-state index in [2.05, 4.69) is 30.7 Å². The Bertz CT molecular complexity index is 1010. The van der Waals surface area contributed by atoms with Gasteiger partial charge in [0.15, 0.2) is 11.5 Å². The zero-order chi connectivity index (χ0) is 16.7. The van der Waals surface area contributed by atoms with Crippen LogP contribution in [-0.2, 0) is 10.0 Å². The van der Waals surface area contributed by atoms with Crippen molar-refractivity contribution in [2.75, 3.05) is 4.72 Å². The summed E-state index contributed by atoms with van der Waals surface area (Å²) in [4.78, 5) is 4.74. The molecule has 2 heterocycles. The Kier molecular flexibility index (Phi) is 3.80. The average Bonchev–Trinajstić information content (AvgIpc) is 2.89. The summed E-state index contributed by atoms with van der Waals surface area (Å²) in [7, 11) is -3.69. The lowest BCUT2D eigenvalue weighted by molar-refractivity contribution is 0.402. The van der Waals surface area contributed by atoms with E-state index in [1.807, 2.05) is 0 Å². The van der Waals surface area contributed by atoms with Crippen LogP contribution >= 0.6 is 15.9 Å². The molecule has 0 radical (unpaired) electrons. The van der Waals surface area contributed by atoms with Gasteiger partial charge in [0, 0.05) is 16.6 Å². The van der Waals surface area contributed by atoms with Crippen LogP contribution in [-0.4, -0.2) is 23.0 Å². The predicted molar refractivity (Wildman–Crippen MR) is 94.5 cm³/mol. The second kappa shape index (κ2) is 5.86. The van der Waals surface area contributed by atoms with Gasteiger partial charge < -0.3 is 0 Å². The second-order valence-electron chi connectivity index (χ2n) is 5.85. The number of fused-ring (bicyclic) bond motifs is 1. The van der Waals surface area contributed by atoms with Crippen LogP contribution in [0, 0.1) is 0 Å². The first kappa shape index (κ1) is 15.6. The lowest BCUT2D eigenvalue weighted by Crippen LogP contribution is -2.13. The number of sulfonamides is 1. The summed E-state index contributed by atoms with van der Waals surface area (Å²) in [5.74, 6) is 1.18. The molecule has 0 spiro atoms. The first-order chi connectivity index (χ1) is 11.5. The van der Waals surface area contributed by atoms with Gasteiger partial charge in [-0.1, -0.05) is 28.4 Å². The van der Waals surface area contributed by atoms with E-state index in [1.54, 1.807) is 47.1 Å². The number of nitrogens with one attached hydrogen (secondary N) is 1. The number of hydrogen-bond donors (Lipinski definition) is 1. The highest BCUT2D eigenvalue weighted by molar-refractivity contribution is 9.10. The quantitative estimate of drug-likeness (QED) is 0.718. The van der Waals surface area contributed by atoms with Crippen molar-refractivity contribution < 1.29 is 8.42 Å². The highest BCUT2D eigenvalue weighted by atomic mass is 79.9. The van der Waals surface area contributed by atoms with Crippen molar-refractivity contribution in [3.05, 3.63) is 52.9 Å². The zero-order valence-corrected chi connectivity index (χ0v) is 15.1. The molecule has 124 valence electrons. The van der Waals surface area contributed by atoms with Crippen molar-refractivity contribution in [2.24, 2.45) is 0 Å². The van der Waals surface area contributed by atoms with Gasteiger partial charge in [-0.25, -0.2) is 17.9 Å². The Hall–Kier alpha value is -1.93. The third kappa shape index (κ3) is 2.80. The highest BCUT2D eigenvalue weighted by Crippen LogP contribution is 2.35. The molecule has 0 amide bonds. The fraction of sp³-hybridized carbons (Fsp3) is 0.250. The maximum absolute atomic E-state index is 12.6. The van der Waals surface area contributed by atoms with Crippen LogP contribution in [0.1, 0.15) is 31.0 Å². The number of aromatic nitrogens is 3. The molecule has 2 aromatic heterocycles. The van der Waals surface area contributed by atoms with Gasteiger partial charge in [-0.05, 0) is 43.2 Å². The molecule has 1 N–H and O–H groups in total. The largest absolute Gasteiger partial charge is 0.276 e. The summed E-state index contributed by atoms with van der Waals surface area (Å²) in [5.41, 5.74) is 0.952. The smallest absolute Gasteiger partial charge is 0.262 e. The van der Waals surface area contributed by atoms with Crippen LogP contribution in [0.25, 0.3) is 5.65 Å². The molecular weight excluding hydrogens is 392 g/mol. The van der Waals surface area contributed by atoms with Gasteiger partial charge in [-0.3, -0.25) is 4.72 Å². The Morgan fingerprint density at radius 1 is 1.21 bits per heavy atom. The molecule has 1 saturated carbocycles. The second-order valence-corrected chi connectivity index (χ2v) is 8.45. The molecule has 24 heavy (non-hydrogen) atoms. The molecule has 1 aliphatic carbocycles. The molecule has 8 heteroatoms. The van der Waals surface area contributed by atoms with Gasteiger partial charge in [0.05, 0.1) is 10.6 Å². The Labute approximate surface area is 148 Å². The van der Waals surface area contributed by atoms with E-state index in [1.165, 1.54) is 6.42 Å². The summed E-state index contributed by atoms with van der Waals surface area (Å²) in [6.07, 6.45) is 5.16. The molecule has 1 aliphatic rings. The Balaban J connectivity index is 1.72. The third-order valence-corrected chi connectivity index (χ3v) is 6.06. The van der Waals surface area contributed by atoms with Crippen LogP contribution in [0.4, 0.5) is 5.69 Å². The van der Waals surface area contributed by atoms with Gasteiger partial charge in [-0.15, -0.1) is 0 Å². The van der Waals surface area contributed by atoms with Crippen molar-refractivity contribution in [3.8, 4) is 0 Å². The lowest BCUT2D eigenvalue weighted by atomic mass is 9.85. The summed E-state index contributed by atoms with van der Waals surface area (Å²) in [6, 6.07) is 10.0. The summed E-state index contributed by atoms with van der Waals surface area (Å²) < 4.78 is 30.2. The van der Waals surface area contributed by atoms with E-state index >= 15 is 0 Å². The number of nitrogens with zero attached hydrogens (tertiary/aromatic N) is 3. The molecule has 0 saturated heterocycles. The first-order valence-electron chi connectivity index (χ1n) is 7.67. The molecular formula is C16H15BrN4O2S. The van der Waals surface area contributed by atoms with Crippen LogP contribution in [0.15, 0.2) is 52.0 Å². The third-order valence-electron chi connectivity index (χ3n) is 4.20. The van der Waals surface area contributed by atoms with E-state index in [4.69, 9.17) is 0 Å². The monoisotopic (exact) mass is 406 g/mol. The fourth-order valence-electron chi connectivity index (χ4n) is 2.68. The number of hydrogen-bond acceptors (Lipinski definition) is 4. The van der Waals surface area contributed by atoms with Crippen LogP contribution in [0.3, 0.4) is 0 Å². The maximum Gasteiger partial charge on any atom is 0.262 e. The molecule has 1 aromatic carbocycles. The number of rotatable bonds is 4. The van der Waals surface area contributed by atoms with E-state index in [0.29, 0.717) is 21.7 Å². The van der Waals surface area contributed by atoms with Crippen molar-refractivity contribution in [1.82, 2.24) is 14.6 Å². The molecule has 0 atom stereocenters. The van der Waals surface area contributed by atoms with Gasteiger partial charge >= 0.3 is 0 Å². The minimum atomic E-state index is -3.69. The summed E-state index contributed by atoms with van der Waals surface area (Å²) >= 11 is 3.29. The minimum absolute atomic E-state index is 0.192. The predicted octanol–water partition coefficient (Wildman–Crippen LogP) is 3.56. The first-order valence-corrected chi connectivity index (χ1v) is 9.94. The fourth-order valence-corrected chi connectivity index (χ4v) is 4.34. The summed E-state index contributed by atoms with van der Waals surface area (Å²) in [6.45, 7) is 0. The van der Waals surface area contributed by atoms with Gasteiger partial charge in [0.2, 0.25) is 0 Å². The van der Waals surface area contributed by atoms with Crippen LogP contribution in [0.2, 0.25) is 0 Å². The van der Waals surface area contributed by atoms with Gasteiger partial charge in [0.1, 0.15) is 0 Å². The Morgan fingerprint density at radius 2 is 2.04 bits per heavy atom. The summed E-state index contributed by atoms with van der Waals surface area (Å²) in [5, 5.41) is 4.48. The topological polar surface area (TPSA) is 76.4 Å². The standard InChI is InChI=1S/C16H15BrN4O2S/c17-12-6-2-7-13(10-12)24(22,23)20-14-8-3-9-21-16(14)18-15(19-21)11-4-1-5-11/h2-3,6-11,20H,1,4-5H2. The molecule has 0 bridgehead atoms. The highest BCUT2D eigenvalue weighted by Gasteiger charge is 2.25. The maximum atomic E-state index is 12.6. The molecule has 4 rings (SSSR count). The van der Waals surface area contributed by atoms with E-state index in [-0.39, 0.29) is 4.90 Å². The SMILES string of the molecule is O=S(=O)(Nc1cccn2nc(C3CCC3)nc12)c1cccc(Br)c1. The molecule has 0 aliphatic heterocycles. The number of halogens is 1. The van der Waals surface area contributed by atoms with Crippen LogP contribution < -0.4 is 4.72 Å². The van der Waals surface area contributed by atoms with Crippen molar-refractivity contribution in [3.63, 3.8) is 0 Å². The normalized spacial score (nSPS) is 15.4. The average molecular weight is 407 g/mol. The van der Waals surface area contributed by atoms with Gasteiger partial charge in [-0.2, -0.15) is 5.10 Å². The molecule has 0 unspecified atom stereocenters. The van der Waals surface area contributed by atoms with Crippen LogP contribution in [0.5, 0.6) is 0 Å². The molecule has 6 nitrogen and oxygen atoms in total. The van der Waals surface area contributed by atoms with Crippen molar-refractivity contribution >= 4 is 37.3 Å². The van der Waals surface area contributed by atoms with Gasteiger partial charge in [0.25, 0.3) is 10.0 Å². The Morgan fingerprint density at radius 3 is 2.75 bits per heavy atom. The zero-order valence-electron chi connectivity index (χ0n) is 12.7. The number of anilines is 1. The van der Waals surface area contributed by atoms with Crippen molar-refractivity contribution in [1.29, 1.82) is 0 Å². The minimum Gasteiger partial charge on any atom is -0.276 e.